The van der Waals surface area contributed by atoms with E-state index in [2.05, 4.69) is 34.7 Å². The summed E-state index contributed by atoms with van der Waals surface area (Å²) in [4.78, 5) is 37.2. The molecule has 0 fully saturated rings. The van der Waals surface area contributed by atoms with Crippen molar-refractivity contribution in [2.45, 2.75) is 32.2 Å². The van der Waals surface area contributed by atoms with Crippen LogP contribution in [0.2, 0.25) is 0 Å². The molecule has 1 aromatic heterocycles. The number of hydrogen-bond acceptors (Lipinski definition) is 5. The number of nitrogens with zero attached hydrogens (tertiary/aromatic N) is 3. The molecule has 0 atom stereocenters. The lowest BCUT2D eigenvalue weighted by Crippen LogP contribution is -2.34. The largest absolute Gasteiger partial charge is 0.481 e. The molecule has 0 unspecified atom stereocenters. The number of carboxylic acid groups (broad SMARTS) is 1. The van der Waals surface area contributed by atoms with Crippen LogP contribution in [0.4, 0.5) is 10.5 Å². The van der Waals surface area contributed by atoms with Gasteiger partial charge in [0, 0.05) is 31.6 Å². The molecule has 0 spiro atoms. The van der Waals surface area contributed by atoms with Gasteiger partial charge in [-0.15, -0.1) is 0 Å². The van der Waals surface area contributed by atoms with Crippen LogP contribution in [0.15, 0.2) is 60.9 Å². The molecule has 0 radical (unpaired) electrons. The lowest BCUT2D eigenvalue weighted by atomic mass is 9.98. The number of aliphatic carboxylic acids is 1. The SMILES string of the molecule is CCN(CCCC(=O)O)C(=O)Cn1cc(NC(=O)OCC2c3ccccc3-c3ccccc32)cn1. The van der Waals surface area contributed by atoms with Gasteiger partial charge in [-0.3, -0.25) is 19.6 Å². The number of carbonyl (C=O) groups excluding carboxylic acids is 2. The molecule has 1 heterocycles. The van der Waals surface area contributed by atoms with E-state index in [4.69, 9.17) is 9.84 Å². The summed E-state index contributed by atoms with van der Waals surface area (Å²) < 4.78 is 6.97. The zero-order valence-corrected chi connectivity index (χ0v) is 19.5. The molecule has 0 bridgehead atoms. The first-order chi connectivity index (χ1) is 17.0. The molecule has 182 valence electrons. The summed E-state index contributed by atoms with van der Waals surface area (Å²) in [5.74, 6) is -1.09. The van der Waals surface area contributed by atoms with E-state index < -0.39 is 12.1 Å². The fourth-order valence-electron chi connectivity index (χ4n) is 4.39. The van der Waals surface area contributed by atoms with Gasteiger partial charge in [0.15, 0.2) is 0 Å². The molecule has 0 saturated heterocycles. The summed E-state index contributed by atoms with van der Waals surface area (Å²) in [6.07, 6.45) is 2.82. The van der Waals surface area contributed by atoms with Crippen molar-refractivity contribution in [2.24, 2.45) is 0 Å². The molecule has 1 aliphatic rings. The highest BCUT2D eigenvalue weighted by molar-refractivity contribution is 5.85. The number of carboxylic acids is 1. The lowest BCUT2D eigenvalue weighted by Gasteiger charge is -2.20. The molecule has 9 heteroatoms. The zero-order chi connectivity index (χ0) is 24.8. The molecule has 35 heavy (non-hydrogen) atoms. The van der Waals surface area contributed by atoms with E-state index in [0.717, 1.165) is 22.3 Å². The maximum absolute atomic E-state index is 12.5. The Labute approximate surface area is 203 Å². The Morgan fingerprint density at radius 2 is 1.74 bits per heavy atom. The third kappa shape index (κ3) is 5.68. The number of benzene rings is 2. The Hall–Kier alpha value is -4.14. The van der Waals surface area contributed by atoms with Gasteiger partial charge in [-0.2, -0.15) is 5.10 Å². The Bertz CT molecular complexity index is 1180. The van der Waals surface area contributed by atoms with Crippen LogP contribution in [0.5, 0.6) is 0 Å². The lowest BCUT2D eigenvalue weighted by molar-refractivity contribution is -0.138. The first-order valence-corrected chi connectivity index (χ1v) is 11.6. The highest BCUT2D eigenvalue weighted by atomic mass is 16.5. The van der Waals surface area contributed by atoms with Crippen molar-refractivity contribution in [2.75, 3.05) is 25.0 Å². The fraction of sp³-hybridized carbons (Fsp3) is 0.308. The molecule has 1 aliphatic carbocycles. The highest BCUT2D eigenvalue weighted by Crippen LogP contribution is 2.44. The number of rotatable bonds is 10. The second kappa shape index (κ2) is 10.9. The van der Waals surface area contributed by atoms with Gasteiger partial charge < -0.3 is 14.7 Å². The summed E-state index contributed by atoms with van der Waals surface area (Å²) in [5.41, 5.74) is 5.01. The average molecular weight is 477 g/mol. The number of hydrogen-bond donors (Lipinski definition) is 2. The number of ether oxygens (including phenoxy) is 1. The van der Waals surface area contributed by atoms with Crippen LogP contribution < -0.4 is 5.32 Å². The summed E-state index contributed by atoms with van der Waals surface area (Å²) in [7, 11) is 0. The van der Waals surface area contributed by atoms with Crippen molar-refractivity contribution in [3.63, 3.8) is 0 Å². The van der Waals surface area contributed by atoms with E-state index in [1.54, 1.807) is 11.1 Å². The van der Waals surface area contributed by atoms with Gasteiger partial charge in [0.25, 0.3) is 0 Å². The predicted octanol–water partition coefficient (Wildman–Crippen LogP) is 3.96. The van der Waals surface area contributed by atoms with Gasteiger partial charge in [-0.25, -0.2) is 4.79 Å². The van der Waals surface area contributed by atoms with E-state index in [-0.39, 0.29) is 31.4 Å². The number of aromatic nitrogens is 2. The minimum Gasteiger partial charge on any atom is -0.481 e. The average Bonchev–Trinajstić information content (AvgIpc) is 3.42. The van der Waals surface area contributed by atoms with Gasteiger partial charge in [-0.1, -0.05) is 48.5 Å². The van der Waals surface area contributed by atoms with Crippen LogP contribution >= 0.6 is 0 Å². The number of fused-ring (bicyclic) bond motifs is 3. The normalized spacial score (nSPS) is 12.0. The molecule has 4 rings (SSSR count). The minimum absolute atomic E-state index is 0.00667. The molecule has 0 saturated carbocycles. The summed E-state index contributed by atoms with van der Waals surface area (Å²) in [6, 6.07) is 16.3. The van der Waals surface area contributed by atoms with Crippen molar-refractivity contribution in [1.29, 1.82) is 0 Å². The van der Waals surface area contributed by atoms with E-state index in [1.165, 1.54) is 10.9 Å². The number of likely N-dealkylation sites (N-methyl/N-ethyl adjacent to an activating group) is 1. The molecule has 0 aliphatic heterocycles. The van der Waals surface area contributed by atoms with Gasteiger partial charge in [0.05, 0.1) is 11.9 Å². The van der Waals surface area contributed by atoms with Crippen LogP contribution in [0.25, 0.3) is 11.1 Å². The predicted molar refractivity (Wildman–Crippen MR) is 130 cm³/mol. The second-order valence-corrected chi connectivity index (χ2v) is 8.35. The fourth-order valence-corrected chi connectivity index (χ4v) is 4.39. The topological polar surface area (TPSA) is 114 Å². The Balaban J connectivity index is 1.30. The molecule has 9 nitrogen and oxygen atoms in total. The number of anilines is 1. The van der Waals surface area contributed by atoms with Gasteiger partial charge >= 0.3 is 12.1 Å². The zero-order valence-electron chi connectivity index (χ0n) is 19.5. The number of carbonyl (C=O) groups is 3. The quantitative estimate of drug-likeness (QED) is 0.458. The summed E-state index contributed by atoms with van der Waals surface area (Å²) in [6.45, 7) is 2.88. The molecular weight excluding hydrogens is 448 g/mol. The maximum atomic E-state index is 12.5. The van der Waals surface area contributed by atoms with Crippen molar-refractivity contribution < 1.29 is 24.2 Å². The van der Waals surface area contributed by atoms with E-state index in [0.29, 0.717) is 25.2 Å². The van der Waals surface area contributed by atoms with Crippen molar-refractivity contribution in [3.8, 4) is 11.1 Å². The highest BCUT2D eigenvalue weighted by Gasteiger charge is 2.29. The smallest absolute Gasteiger partial charge is 0.411 e. The van der Waals surface area contributed by atoms with Gasteiger partial charge in [0.2, 0.25) is 5.91 Å². The summed E-state index contributed by atoms with van der Waals surface area (Å²) in [5, 5.41) is 15.6. The Morgan fingerprint density at radius 3 is 2.37 bits per heavy atom. The third-order valence-corrected chi connectivity index (χ3v) is 6.07. The van der Waals surface area contributed by atoms with Crippen molar-refractivity contribution in [1.82, 2.24) is 14.7 Å². The van der Waals surface area contributed by atoms with E-state index >= 15 is 0 Å². The minimum atomic E-state index is -0.885. The van der Waals surface area contributed by atoms with Crippen LogP contribution in [-0.4, -0.2) is 57.5 Å². The number of amides is 2. The monoisotopic (exact) mass is 476 g/mol. The van der Waals surface area contributed by atoms with Crippen molar-refractivity contribution in [3.05, 3.63) is 72.1 Å². The summed E-state index contributed by atoms with van der Waals surface area (Å²) >= 11 is 0. The second-order valence-electron chi connectivity index (χ2n) is 8.35. The third-order valence-electron chi connectivity index (χ3n) is 6.07. The van der Waals surface area contributed by atoms with Crippen LogP contribution in [0, 0.1) is 0 Å². The first-order valence-electron chi connectivity index (χ1n) is 11.6. The Morgan fingerprint density at radius 1 is 1.09 bits per heavy atom. The molecule has 2 aromatic carbocycles. The van der Waals surface area contributed by atoms with E-state index in [1.807, 2.05) is 31.2 Å². The van der Waals surface area contributed by atoms with Crippen molar-refractivity contribution >= 4 is 23.7 Å². The molecular formula is C26H28N4O5. The van der Waals surface area contributed by atoms with Gasteiger partial charge in [-0.05, 0) is 35.6 Å². The van der Waals surface area contributed by atoms with Crippen LogP contribution in [0.1, 0.15) is 36.8 Å². The maximum Gasteiger partial charge on any atom is 0.411 e. The van der Waals surface area contributed by atoms with E-state index in [9.17, 15) is 14.4 Å². The molecule has 3 aromatic rings. The van der Waals surface area contributed by atoms with Crippen LogP contribution in [0.3, 0.4) is 0 Å². The molecule has 2 amide bonds. The first kappa shape index (κ1) is 24.0. The molecule has 2 N–H and O–H groups in total. The Kier molecular flexibility index (Phi) is 7.45. The standard InChI is InChI=1S/C26H28N4O5/c1-2-29(13-7-12-25(32)33)24(31)16-30-15-18(14-27-30)28-26(34)35-17-23-21-10-5-3-8-19(21)20-9-4-6-11-22(20)23/h3-6,8-11,14-15,23H,2,7,12-13,16-17H2,1H3,(H,28,34)(H,32,33). The number of nitrogens with one attached hydrogen (secondary N) is 1. The van der Waals surface area contributed by atoms with Gasteiger partial charge in [0.1, 0.15) is 13.2 Å². The van der Waals surface area contributed by atoms with Crippen LogP contribution in [-0.2, 0) is 20.9 Å².